The van der Waals surface area contributed by atoms with Crippen molar-refractivity contribution in [2.45, 2.75) is 31.7 Å². The van der Waals surface area contributed by atoms with E-state index < -0.39 is 23.8 Å². The molecule has 1 aromatic carbocycles. The second-order valence-electron chi connectivity index (χ2n) is 6.20. The minimum atomic E-state index is -1.72. The first-order chi connectivity index (χ1) is 12.4. The van der Waals surface area contributed by atoms with Crippen LogP contribution in [0.15, 0.2) is 35.9 Å². The normalized spacial score (nSPS) is 26.0. The molecule has 0 saturated carbocycles. The standard InChI is InChI=1S/C19H21NO6/c1-4-25-17(22)15-16(12-8-6-5-7-9-12)20(2)18(23)19(15)11-13(21)10-14(24-3)26-19/h5-9,14H,4,10-11H2,1-3H3. The first-order valence-electron chi connectivity index (χ1n) is 8.42. The van der Waals surface area contributed by atoms with Crippen LogP contribution in [0.5, 0.6) is 0 Å². The zero-order chi connectivity index (χ0) is 18.9. The van der Waals surface area contributed by atoms with Gasteiger partial charge in [0, 0.05) is 20.6 Å². The predicted molar refractivity (Wildman–Crippen MR) is 91.6 cm³/mol. The number of hydrogen-bond acceptors (Lipinski definition) is 6. The van der Waals surface area contributed by atoms with Crippen LogP contribution in [0.25, 0.3) is 5.70 Å². The van der Waals surface area contributed by atoms with Crippen molar-refractivity contribution in [3.8, 4) is 0 Å². The molecule has 3 rings (SSSR count). The molecule has 0 aliphatic carbocycles. The number of carbonyl (C=O) groups excluding carboxylic acids is 3. The van der Waals surface area contributed by atoms with Gasteiger partial charge in [-0.3, -0.25) is 9.59 Å². The average molecular weight is 359 g/mol. The summed E-state index contributed by atoms with van der Waals surface area (Å²) in [6, 6.07) is 9.02. The lowest BCUT2D eigenvalue weighted by atomic mass is 9.85. The lowest BCUT2D eigenvalue weighted by Crippen LogP contribution is -2.53. The van der Waals surface area contributed by atoms with Gasteiger partial charge in [-0.1, -0.05) is 30.3 Å². The molecule has 7 heteroatoms. The van der Waals surface area contributed by atoms with E-state index in [0.717, 1.165) is 0 Å². The van der Waals surface area contributed by atoms with Gasteiger partial charge < -0.3 is 19.1 Å². The monoisotopic (exact) mass is 359 g/mol. The quantitative estimate of drug-likeness (QED) is 0.758. The molecule has 0 bridgehead atoms. The largest absolute Gasteiger partial charge is 0.462 e. The number of Topliss-reactive ketones (excluding diaryl/α,β-unsaturated/α-hetero) is 1. The Morgan fingerprint density at radius 3 is 2.62 bits per heavy atom. The summed E-state index contributed by atoms with van der Waals surface area (Å²) in [5.41, 5.74) is -0.618. The van der Waals surface area contributed by atoms with Gasteiger partial charge in [-0.25, -0.2) is 4.79 Å². The van der Waals surface area contributed by atoms with Gasteiger partial charge in [0.1, 0.15) is 11.4 Å². The van der Waals surface area contributed by atoms with Crippen LogP contribution in [0.4, 0.5) is 0 Å². The molecule has 1 fully saturated rings. The fraction of sp³-hybridized carbons (Fsp3) is 0.421. The molecule has 0 N–H and O–H groups in total. The van der Waals surface area contributed by atoms with Gasteiger partial charge in [-0.2, -0.15) is 0 Å². The maximum atomic E-state index is 13.1. The molecule has 2 unspecified atom stereocenters. The van der Waals surface area contributed by atoms with Gasteiger partial charge in [0.2, 0.25) is 0 Å². The molecule has 0 radical (unpaired) electrons. The van der Waals surface area contributed by atoms with Crippen molar-refractivity contribution < 1.29 is 28.6 Å². The first-order valence-corrected chi connectivity index (χ1v) is 8.42. The van der Waals surface area contributed by atoms with Crippen molar-refractivity contribution in [3.05, 3.63) is 41.5 Å². The summed E-state index contributed by atoms with van der Waals surface area (Å²) in [7, 11) is 2.95. The number of hydrogen-bond donors (Lipinski definition) is 0. The van der Waals surface area contributed by atoms with E-state index in [1.165, 1.54) is 12.0 Å². The molecule has 1 aromatic rings. The van der Waals surface area contributed by atoms with Crippen molar-refractivity contribution in [3.63, 3.8) is 0 Å². The predicted octanol–water partition coefficient (Wildman–Crippen LogP) is 1.52. The summed E-state index contributed by atoms with van der Waals surface area (Å²) >= 11 is 0. The number of carbonyl (C=O) groups is 3. The van der Waals surface area contributed by atoms with E-state index >= 15 is 0 Å². The summed E-state index contributed by atoms with van der Waals surface area (Å²) in [5.74, 6) is -1.36. The molecule has 2 atom stereocenters. The summed E-state index contributed by atoms with van der Waals surface area (Å²) in [4.78, 5) is 39.6. The van der Waals surface area contributed by atoms with Gasteiger partial charge in [0.15, 0.2) is 11.9 Å². The van der Waals surface area contributed by atoms with Crippen molar-refractivity contribution in [1.82, 2.24) is 4.90 Å². The highest BCUT2D eigenvalue weighted by molar-refractivity contribution is 6.16. The Hall–Kier alpha value is -2.51. The van der Waals surface area contributed by atoms with E-state index in [1.54, 1.807) is 38.2 Å². The number of amides is 1. The Balaban J connectivity index is 2.22. The fourth-order valence-corrected chi connectivity index (χ4v) is 3.49. The SMILES string of the molecule is CCOC(=O)C1=C(c2ccccc2)N(C)C(=O)C12CC(=O)CC(OC)O2. The Bertz CT molecular complexity index is 771. The van der Waals surface area contributed by atoms with Crippen LogP contribution in [-0.2, 0) is 28.6 Å². The van der Waals surface area contributed by atoms with Crippen molar-refractivity contribution >= 4 is 23.4 Å². The number of esters is 1. The maximum absolute atomic E-state index is 13.1. The molecule has 2 aliphatic heterocycles. The molecule has 1 amide bonds. The van der Waals surface area contributed by atoms with Crippen LogP contribution in [0.2, 0.25) is 0 Å². The van der Waals surface area contributed by atoms with Crippen molar-refractivity contribution in [1.29, 1.82) is 0 Å². The van der Waals surface area contributed by atoms with Crippen LogP contribution in [0.3, 0.4) is 0 Å². The molecule has 0 aromatic heterocycles. The van der Waals surface area contributed by atoms with E-state index in [0.29, 0.717) is 11.3 Å². The highest BCUT2D eigenvalue weighted by Crippen LogP contribution is 2.45. The summed E-state index contributed by atoms with van der Waals surface area (Å²) in [6.45, 7) is 1.82. The Morgan fingerprint density at radius 1 is 1.31 bits per heavy atom. The Kier molecular flexibility index (Phi) is 4.93. The van der Waals surface area contributed by atoms with Crippen molar-refractivity contribution in [2.24, 2.45) is 0 Å². The van der Waals surface area contributed by atoms with Gasteiger partial charge in [-0.05, 0) is 12.5 Å². The second kappa shape index (κ2) is 7.01. The number of rotatable bonds is 4. The first kappa shape index (κ1) is 18.3. The molecule has 1 saturated heterocycles. The van der Waals surface area contributed by atoms with Crippen molar-refractivity contribution in [2.75, 3.05) is 20.8 Å². The van der Waals surface area contributed by atoms with Gasteiger partial charge in [-0.15, -0.1) is 0 Å². The summed E-state index contributed by atoms with van der Waals surface area (Å²) < 4.78 is 16.2. The van der Waals surface area contributed by atoms with Crippen LogP contribution in [0, 0.1) is 0 Å². The van der Waals surface area contributed by atoms with E-state index in [-0.39, 0.29) is 30.8 Å². The number of nitrogens with zero attached hydrogens (tertiary/aromatic N) is 1. The summed E-state index contributed by atoms with van der Waals surface area (Å²) in [6.07, 6.45) is -1.08. The van der Waals surface area contributed by atoms with Crippen LogP contribution in [0.1, 0.15) is 25.3 Å². The number of ketones is 1. The minimum Gasteiger partial charge on any atom is -0.462 e. The molecule has 138 valence electrons. The highest BCUT2D eigenvalue weighted by Gasteiger charge is 2.60. The van der Waals surface area contributed by atoms with E-state index in [9.17, 15) is 14.4 Å². The molecular weight excluding hydrogens is 338 g/mol. The smallest absolute Gasteiger partial charge is 0.339 e. The zero-order valence-electron chi connectivity index (χ0n) is 15.0. The molecule has 26 heavy (non-hydrogen) atoms. The van der Waals surface area contributed by atoms with Gasteiger partial charge in [0.25, 0.3) is 5.91 Å². The topological polar surface area (TPSA) is 82.1 Å². The van der Waals surface area contributed by atoms with Crippen LogP contribution in [-0.4, -0.2) is 55.2 Å². The number of ether oxygens (including phenoxy) is 3. The Morgan fingerprint density at radius 2 is 2.00 bits per heavy atom. The molecule has 2 heterocycles. The van der Waals surface area contributed by atoms with E-state index in [2.05, 4.69) is 0 Å². The molecular formula is C19H21NO6. The number of benzene rings is 1. The van der Waals surface area contributed by atoms with Crippen LogP contribution < -0.4 is 0 Å². The second-order valence-corrected chi connectivity index (χ2v) is 6.20. The lowest BCUT2D eigenvalue weighted by molar-refractivity contribution is -0.212. The molecule has 7 nitrogen and oxygen atoms in total. The third kappa shape index (κ3) is 2.83. The fourth-order valence-electron chi connectivity index (χ4n) is 3.49. The summed E-state index contributed by atoms with van der Waals surface area (Å²) in [5, 5.41) is 0. The maximum Gasteiger partial charge on any atom is 0.339 e. The van der Waals surface area contributed by atoms with Crippen LogP contribution >= 0.6 is 0 Å². The third-order valence-electron chi connectivity index (χ3n) is 4.59. The Labute approximate surface area is 151 Å². The van der Waals surface area contributed by atoms with Gasteiger partial charge in [0.05, 0.1) is 18.7 Å². The van der Waals surface area contributed by atoms with Gasteiger partial charge >= 0.3 is 5.97 Å². The minimum absolute atomic E-state index is 0.0337. The average Bonchev–Trinajstić information content (AvgIpc) is 2.83. The zero-order valence-corrected chi connectivity index (χ0v) is 15.0. The third-order valence-corrected chi connectivity index (χ3v) is 4.59. The molecule has 2 aliphatic rings. The molecule has 1 spiro atoms. The van der Waals surface area contributed by atoms with E-state index in [1.807, 2.05) is 6.07 Å². The highest BCUT2D eigenvalue weighted by atomic mass is 16.7. The number of methoxy groups -OCH3 is 1. The number of likely N-dealkylation sites (N-methyl/N-ethyl adjacent to an activating group) is 1. The lowest BCUT2D eigenvalue weighted by Gasteiger charge is -2.36. The van der Waals surface area contributed by atoms with E-state index in [4.69, 9.17) is 14.2 Å².